The third-order valence-electron chi connectivity index (χ3n) is 1.64. The molecule has 0 amide bonds. The van der Waals surface area contributed by atoms with Crippen molar-refractivity contribution in [1.82, 2.24) is 0 Å². The summed E-state index contributed by atoms with van der Waals surface area (Å²) in [5, 5.41) is 8.60. The van der Waals surface area contributed by atoms with Crippen LogP contribution in [0.1, 0.15) is 6.42 Å². The van der Waals surface area contributed by atoms with Crippen LogP contribution in [0.15, 0.2) is 34.8 Å². The molecule has 1 saturated heterocycles. The molecule has 3 heteroatoms. The maximum atomic E-state index is 8.60. The molecule has 0 aromatic heterocycles. The Morgan fingerprint density at radius 3 is 2.23 bits per heavy atom. The van der Waals surface area contributed by atoms with Crippen LogP contribution in [0, 0.1) is 0 Å². The number of rotatable bonds is 0. The molecule has 0 spiro atoms. The van der Waals surface area contributed by atoms with E-state index >= 15 is 0 Å². The predicted molar refractivity (Wildman–Crippen MR) is 55.6 cm³/mol. The highest BCUT2D eigenvalue weighted by atomic mass is 79.9. The molecule has 0 unspecified atom stereocenters. The van der Waals surface area contributed by atoms with Crippen molar-refractivity contribution in [2.24, 2.45) is 0 Å². The van der Waals surface area contributed by atoms with Crippen molar-refractivity contribution >= 4 is 15.9 Å². The van der Waals surface area contributed by atoms with Crippen LogP contribution < -0.4 is 0 Å². The second-order valence-corrected chi connectivity index (χ2v) is 3.73. The smallest absolute Gasteiger partial charge is 0.0795 e. The molecular weight excluding hydrogens is 232 g/mol. The summed E-state index contributed by atoms with van der Waals surface area (Å²) in [6, 6.07) is 9.97. The number of halogens is 1. The molecule has 0 bridgehead atoms. The molecule has 1 fully saturated rings. The standard InChI is InChI=1S/C6H5Br.C4H8O2/c7-6-4-2-1-3-5-6;5-4-1-2-6-3-4/h1-5H;4-5H,1-3H2/t;4-/m.0/s1. The van der Waals surface area contributed by atoms with Gasteiger partial charge in [0.1, 0.15) is 0 Å². The van der Waals surface area contributed by atoms with Gasteiger partial charge >= 0.3 is 0 Å². The molecule has 0 radical (unpaired) electrons. The quantitative estimate of drug-likeness (QED) is 0.759. The molecule has 1 aromatic carbocycles. The van der Waals surface area contributed by atoms with Gasteiger partial charge in [-0.1, -0.05) is 34.1 Å². The molecule has 0 saturated carbocycles. The number of hydrogen-bond donors (Lipinski definition) is 1. The molecule has 1 N–H and O–H groups in total. The zero-order chi connectivity index (χ0) is 9.52. The minimum atomic E-state index is -0.176. The van der Waals surface area contributed by atoms with Crippen molar-refractivity contribution in [2.75, 3.05) is 13.2 Å². The van der Waals surface area contributed by atoms with E-state index in [2.05, 4.69) is 15.9 Å². The van der Waals surface area contributed by atoms with Gasteiger partial charge in [-0.15, -0.1) is 0 Å². The van der Waals surface area contributed by atoms with E-state index in [4.69, 9.17) is 9.84 Å². The third-order valence-corrected chi connectivity index (χ3v) is 2.17. The summed E-state index contributed by atoms with van der Waals surface area (Å²) in [5.41, 5.74) is 0. The Bertz CT molecular complexity index is 220. The Morgan fingerprint density at radius 1 is 1.31 bits per heavy atom. The third kappa shape index (κ3) is 5.03. The fourth-order valence-electron chi connectivity index (χ4n) is 0.937. The first-order valence-electron chi connectivity index (χ1n) is 4.25. The SMILES string of the molecule is Brc1ccccc1.O[C@H]1CCOC1. The average molecular weight is 245 g/mol. The van der Waals surface area contributed by atoms with Gasteiger partial charge in [0.2, 0.25) is 0 Å². The molecule has 2 rings (SSSR count). The van der Waals surface area contributed by atoms with E-state index in [0.717, 1.165) is 17.5 Å². The highest BCUT2D eigenvalue weighted by Gasteiger charge is 2.09. The summed E-state index contributed by atoms with van der Waals surface area (Å²) in [4.78, 5) is 0. The van der Waals surface area contributed by atoms with E-state index in [9.17, 15) is 0 Å². The number of ether oxygens (including phenoxy) is 1. The van der Waals surface area contributed by atoms with Crippen LogP contribution in [-0.2, 0) is 4.74 Å². The molecule has 1 atom stereocenters. The Morgan fingerprint density at radius 2 is 2.00 bits per heavy atom. The van der Waals surface area contributed by atoms with Crippen LogP contribution in [0.4, 0.5) is 0 Å². The minimum absolute atomic E-state index is 0.176. The van der Waals surface area contributed by atoms with E-state index in [1.54, 1.807) is 0 Å². The topological polar surface area (TPSA) is 29.5 Å². The van der Waals surface area contributed by atoms with Crippen LogP contribution in [0.5, 0.6) is 0 Å². The summed E-state index contributed by atoms with van der Waals surface area (Å²) >= 11 is 3.31. The van der Waals surface area contributed by atoms with Gasteiger partial charge < -0.3 is 9.84 Å². The van der Waals surface area contributed by atoms with E-state index in [1.165, 1.54) is 0 Å². The maximum Gasteiger partial charge on any atom is 0.0795 e. The van der Waals surface area contributed by atoms with Gasteiger partial charge in [-0.05, 0) is 18.6 Å². The molecule has 1 heterocycles. The van der Waals surface area contributed by atoms with E-state index in [0.29, 0.717) is 6.61 Å². The zero-order valence-electron chi connectivity index (χ0n) is 7.32. The average Bonchev–Trinajstić information content (AvgIpc) is 2.58. The van der Waals surface area contributed by atoms with Crippen molar-refractivity contribution < 1.29 is 9.84 Å². The first kappa shape index (κ1) is 10.7. The minimum Gasteiger partial charge on any atom is -0.391 e. The second-order valence-electron chi connectivity index (χ2n) is 2.81. The fourth-order valence-corrected chi connectivity index (χ4v) is 1.24. The molecule has 0 aliphatic carbocycles. The largest absolute Gasteiger partial charge is 0.391 e. The lowest BCUT2D eigenvalue weighted by molar-refractivity contribution is 0.127. The molecule has 1 aliphatic rings. The molecule has 72 valence electrons. The first-order chi connectivity index (χ1) is 6.29. The van der Waals surface area contributed by atoms with Gasteiger partial charge in [0, 0.05) is 11.1 Å². The van der Waals surface area contributed by atoms with Gasteiger partial charge in [0.15, 0.2) is 0 Å². The highest BCUT2D eigenvalue weighted by molar-refractivity contribution is 9.10. The Balaban J connectivity index is 0.000000132. The number of hydrogen-bond acceptors (Lipinski definition) is 2. The second kappa shape index (κ2) is 6.13. The Hall–Kier alpha value is -0.380. The predicted octanol–water partition coefficient (Wildman–Crippen LogP) is 2.22. The summed E-state index contributed by atoms with van der Waals surface area (Å²) < 4.78 is 5.94. The van der Waals surface area contributed by atoms with Crippen LogP contribution in [0.3, 0.4) is 0 Å². The van der Waals surface area contributed by atoms with Gasteiger partial charge in [-0.3, -0.25) is 0 Å². The summed E-state index contributed by atoms with van der Waals surface area (Å²) in [5.74, 6) is 0. The zero-order valence-corrected chi connectivity index (χ0v) is 8.90. The van der Waals surface area contributed by atoms with Gasteiger partial charge in [0.05, 0.1) is 12.7 Å². The highest BCUT2D eigenvalue weighted by Crippen LogP contribution is 2.05. The van der Waals surface area contributed by atoms with Crippen LogP contribution in [0.2, 0.25) is 0 Å². The van der Waals surface area contributed by atoms with Crippen molar-refractivity contribution in [3.63, 3.8) is 0 Å². The summed E-state index contributed by atoms with van der Waals surface area (Å²) in [6.45, 7) is 1.28. The lowest BCUT2D eigenvalue weighted by Gasteiger charge is -1.89. The monoisotopic (exact) mass is 244 g/mol. The van der Waals surface area contributed by atoms with Crippen LogP contribution in [0.25, 0.3) is 0 Å². The molecule has 13 heavy (non-hydrogen) atoms. The van der Waals surface area contributed by atoms with Crippen LogP contribution in [-0.4, -0.2) is 24.4 Å². The lowest BCUT2D eigenvalue weighted by Crippen LogP contribution is -2.02. The Labute approximate surface area is 86.7 Å². The van der Waals surface area contributed by atoms with Crippen LogP contribution >= 0.6 is 15.9 Å². The Kier molecular flexibility index (Phi) is 5.05. The molecule has 1 aromatic rings. The fraction of sp³-hybridized carbons (Fsp3) is 0.400. The van der Waals surface area contributed by atoms with E-state index < -0.39 is 0 Å². The number of aliphatic hydroxyl groups is 1. The van der Waals surface area contributed by atoms with E-state index in [1.807, 2.05) is 30.3 Å². The molecular formula is C10H13BrO2. The van der Waals surface area contributed by atoms with Crippen molar-refractivity contribution in [3.8, 4) is 0 Å². The maximum absolute atomic E-state index is 8.60. The normalized spacial score (nSPS) is 20.6. The molecule has 1 aliphatic heterocycles. The number of benzene rings is 1. The number of aliphatic hydroxyl groups excluding tert-OH is 1. The van der Waals surface area contributed by atoms with Gasteiger partial charge in [-0.25, -0.2) is 0 Å². The van der Waals surface area contributed by atoms with Gasteiger partial charge in [-0.2, -0.15) is 0 Å². The van der Waals surface area contributed by atoms with Crippen molar-refractivity contribution in [2.45, 2.75) is 12.5 Å². The first-order valence-corrected chi connectivity index (χ1v) is 5.04. The van der Waals surface area contributed by atoms with Crippen molar-refractivity contribution in [1.29, 1.82) is 0 Å². The summed E-state index contributed by atoms with van der Waals surface area (Å²) in [7, 11) is 0. The van der Waals surface area contributed by atoms with Crippen molar-refractivity contribution in [3.05, 3.63) is 34.8 Å². The van der Waals surface area contributed by atoms with Gasteiger partial charge in [0.25, 0.3) is 0 Å². The summed E-state index contributed by atoms with van der Waals surface area (Å²) in [6.07, 6.45) is 0.644. The molecule has 2 nitrogen and oxygen atoms in total. The lowest BCUT2D eigenvalue weighted by atomic mass is 10.3. The van der Waals surface area contributed by atoms with E-state index in [-0.39, 0.29) is 6.10 Å².